The fraction of sp³-hybridized carbons (Fsp3) is 0.250. The van der Waals surface area contributed by atoms with Crippen molar-refractivity contribution in [2.24, 2.45) is 0 Å². The Morgan fingerprint density at radius 2 is 2.32 bits per heavy atom. The van der Waals surface area contributed by atoms with Crippen molar-refractivity contribution in [1.29, 1.82) is 0 Å². The molecule has 0 aliphatic heterocycles. The molecule has 0 saturated heterocycles. The maximum absolute atomic E-state index is 10.9. The Bertz CT molecular complexity index is 557. The molecule has 0 spiro atoms. The van der Waals surface area contributed by atoms with Gasteiger partial charge in [0.1, 0.15) is 5.69 Å². The maximum atomic E-state index is 10.9. The van der Waals surface area contributed by atoms with Crippen molar-refractivity contribution >= 4 is 34.0 Å². The van der Waals surface area contributed by atoms with Gasteiger partial charge in [0.15, 0.2) is 0 Å². The molecule has 2 aromatic rings. The average Bonchev–Trinajstić information content (AvgIpc) is 2.89. The van der Waals surface area contributed by atoms with Gasteiger partial charge < -0.3 is 5.32 Å². The minimum atomic E-state index is -0.363. The fourth-order valence-corrected chi connectivity index (χ4v) is 2.18. The van der Waals surface area contributed by atoms with Crippen LogP contribution in [0.25, 0.3) is 0 Å². The molecule has 0 unspecified atom stereocenters. The van der Waals surface area contributed by atoms with Crippen LogP contribution in [0, 0.1) is 13.7 Å². The van der Waals surface area contributed by atoms with Gasteiger partial charge in [0.2, 0.25) is 0 Å². The van der Waals surface area contributed by atoms with E-state index in [2.05, 4.69) is 33.0 Å². The predicted molar refractivity (Wildman–Crippen MR) is 81.1 cm³/mol. The second-order valence-corrected chi connectivity index (χ2v) is 5.21. The Labute approximate surface area is 124 Å². The number of halogens is 1. The standard InChI is InChI=1S/C12H13IN4O2/c13-10-3-4-11(12(9-10)17(18)19)14-5-1-7-16-8-2-6-15-16/h2-4,6,8-9,14H,1,5,7H2. The molecular formula is C12H13IN4O2. The molecule has 1 aromatic heterocycles. The van der Waals surface area contributed by atoms with E-state index in [1.54, 1.807) is 18.3 Å². The summed E-state index contributed by atoms with van der Waals surface area (Å²) in [6.45, 7) is 1.46. The molecular weight excluding hydrogens is 359 g/mol. The summed E-state index contributed by atoms with van der Waals surface area (Å²) in [5, 5.41) is 18.1. The zero-order chi connectivity index (χ0) is 13.7. The van der Waals surface area contributed by atoms with Crippen molar-refractivity contribution in [3.05, 3.63) is 50.3 Å². The third kappa shape index (κ3) is 3.91. The van der Waals surface area contributed by atoms with E-state index in [0.29, 0.717) is 12.2 Å². The number of hydrogen-bond acceptors (Lipinski definition) is 4. The summed E-state index contributed by atoms with van der Waals surface area (Å²) < 4.78 is 2.69. The third-order valence-electron chi connectivity index (χ3n) is 2.60. The molecule has 0 atom stereocenters. The topological polar surface area (TPSA) is 73.0 Å². The quantitative estimate of drug-likeness (QED) is 0.366. The Balaban J connectivity index is 1.90. The molecule has 0 amide bonds. The summed E-state index contributed by atoms with van der Waals surface area (Å²) >= 11 is 2.06. The van der Waals surface area contributed by atoms with E-state index in [0.717, 1.165) is 16.5 Å². The molecule has 0 aliphatic rings. The Morgan fingerprint density at radius 3 is 3.00 bits per heavy atom. The van der Waals surface area contributed by atoms with E-state index in [1.165, 1.54) is 0 Å². The van der Waals surface area contributed by atoms with E-state index in [4.69, 9.17) is 0 Å². The highest BCUT2D eigenvalue weighted by Crippen LogP contribution is 2.26. The molecule has 6 nitrogen and oxygen atoms in total. The lowest BCUT2D eigenvalue weighted by atomic mass is 10.2. The predicted octanol–water partition coefficient (Wildman–Crippen LogP) is 2.90. The molecule has 0 saturated carbocycles. The maximum Gasteiger partial charge on any atom is 0.293 e. The summed E-state index contributed by atoms with van der Waals surface area (Å²) in [4.78, 5) is 10.6. The van der Waals surface area contributed by atoms with E-state index in [-0.39, 0.29) is 10.6 Å². The van der Waals surface area contributed by atoms with Crippen LogP contribution in [-0.4, -0.2) is 21.2 Å². The number of nitro benzene ring substituents is 1. The normalized spacial score (nSPS) is 10.4. The van der Waals surface area contributed by atoms with Crippen LogP contribution in [0.5, 0.6) is 0 Å². The second kappa shape index (κ2) is 6.50. The van der Waals surface area contributed by atoms with E-state index in [1.807, 2.05) is 23.0 Å². The summed E-state index contributed by atoms with van der Waals surface area (Å²) in [6.07, 6.45) is 4.48. The van der Waals surface area contributed by atoms with Crippen LogP contribution in [0.1, 0.15) is 6.42 Å². The van der Waals surface area contributed by atoms with Crippen LogP contribution >= 0.6 is 22.6 Å². The van der Waals surface area contributed by atoms with Crippen molar-refractivity contribution in [2.45, 2.75) is 13.0 Å². The van der Waals surface area contributed by atoms with Crippen LogP contribution in [-0.2, 0) is 6.54 Å². The number of nitrogens with zero attached hydrogens (tertiary/aromatic N) is 3. The largest absolute Gasteiger partial charge is 0.379 e. The molecule has 1 N–H and O–H groups in total. The SMILES string of the molecule is O=[N+]([O-])c1cc(I)ccc1NCCCn1cccn1. The summed E-state index contributed by atoms with van der Waals surface area (Å²) in [7, 11) is 0. The van der Waals surface area contributed by atoms with Crippen LogP contribution in [0.3, 0.4) is 0 Å². The minimum absolute atomic E-state index is 0.117. The first-order valence-corrected chi connectivity index (χ1v) is 6.90. The summed E-state index contributed by atoms with van der Waals surface area (Å²) in [5.74, 6) is 0. The molecule has 7 heteroatoms. The molecule has 19 heavy (non-hydrogen) atoms. The lowest BCUT2D eigenvalue weighted by molar-refractivity contribution is -0.384. The van der Waals surface area contributed by atoms with Gasteiger partial charge in [-0.05, 0) is 47.2 Å². The third-order valence-corrected chi connectivity index (χ3v) is 3.27. The van der Waals surface area contributed by atoms with E-state index >= 15 is 0 Å². The zero-order valence-corrected chi connectivity index (χ0v) is 12.3. The molecule has 0 fully saturated rings. The highest BCUT2D eigenvalue weighted by atomic mass is 127. The lowest BCUT2D eigenvalue weighted by Gasteiger charge is -2.07. The van der Waals surface area contributed by atoms with Gasteiger partial charge in [0.05, 0.1) is 4.92 Å². The van der Waals surface area contributed by atoms with E-state index < -0.39 is 0 Å². The van der Waals surface area contributed by atoms with Crippen molar-refractivity contribution in [3.63, 3.8) is 0 Å². The van der Waals surface area contributed by atoms with E-state index in [9.17, 15) is 10.1 Å². The highest BCUT2D eigenvalue weighted by Gasteiger charge is 2.13. The fourth-order valence-electron chi connectivity index (χ4n) is 1.70. The molecule has 0 radical (unpaired) electrons. The minimum Gasteiger partial charge on any atom is -0.379 e. The number of aromatic nitrogens is 2. The van der Waals surface area contributed by atoms with Gasteiger partial charge in [-0.1, -0.05) is 0 Å². The molecule has 1 aromatic carbocycles. The van der Waals surface area contributed by atoms with Crippen molar-refractivity contribution in [3.8, 4) is 0 Å². The highest BCUT2D eigenvalue weighted by molar-refractivity contribution is 14.1. The van der Waals surface area contributed by atoms with Crippen molar-refractivity contribution in [1.82, 2.24) is 9.78 Å². The Hall–Kier alpha value is -1.64. The first-order chi connectivity index (χ1) is 9.16. The number of benzene rings is 1. The van der Waals surface area contributed by atoms with Crippen molar-refractivity contribution in [2.75, 3.05) is 11.9 Å². The molecule has 0 bridgehead atoms. The monoisotopic (exact) mass is 372 g/mol. The molecule has 0 aliphatic carbocycles. The van der Waals surface area contributed by atoms with Gasteiger partial charge in [-0.3, -0.25) is 14.8 Å². The van der Waals surface area contributed by atoms with Crippen LogP contribution in [0.2, 0.25) is 0 Å². The Morgan fingerprint density at radius 1 is 1.47 bits per heavy atom. The van der Waals surface area contributed by atoms with Gasteiger partial charge in [-0.15, -0.1) is 0 Å². The Kier molecular flexibility index (Phi) is 4.72. The van der Waals surface area contributed by atoms with Gasteiger partial charge >= 0.3 is 0 Å². The smallest absolute Gasteiger partial charge is 0.293 e. The van der Waals surface area contributed by atoms with Gasteiger partial charge in [-0.2, -0.15) is 5.10 Å². The number of nitro groups is 1. The summed E-state index contributed by atoms with van der Waals surface area (Å²) in [5.41, 5.74) is 0.678. The van der Waals surface area contributed by atoms with Crippen LogP contribution in [0.15, 0.2) is 36.7 Å². The average molecular weight is 372 g/mol. The lowest BCUT2D eigenvalue weighted by Crippen LogP contribution is -2.08. The number of nitrogens with one attached hydrogen (secondary N) is 1. The molecule has 1 heterocycles. The van der Waals surface area contributed by atoms with Gasteiger partial charge in [0.25, 0.3) is 5.69 Å². The van der Waals surface area contributed by atoms with Crippen molar-refractivity contribution < 1.29 is 4.92 Å². The number of hydrogen-bond donors (Lipinski definition) is 1. The number of aryl methyl sites for hydroxylation is 1. The first kappa shape index (κ1) is 13.8. The van der Waals surface area contributed by atoms with Gasteiger partial charge in [0, 0.05) is 35.1 Å². The molecule has 100 valence electrons. The zero-order valence-electron chi connectivity index (χ0n) is 10.1. The van der Waals surface area contributed by atoms with Crippen LogP contribution < -0.4 is 5.32 Å². The molecule has 2 rings (SSSR count). The summed E-state index contributed by atoms with van der Waals surface area (Å²) in [6, 6.07) is 7.03. The first-order valence-electron chi connectivity index (χ1n) is 5.82. The second-order valence-electron chi connectivity index (χ2n) is 3.97. The van der Waals surface area contributed by atoms with Gasteiger partial charge in [-0.25, -0.2) is 0 Å². The number of rotatable bonds is 6. The number of anilines is 1. The van der Waals surface area contributed by atoms with Crippen LogP contribution in [0.4, 0.5) is 11.4 Å².